The second-order valence-corrected chi connectivity index (χ2v) is 6.68. The van der Waals surface area contributed by atoms with Crippen LogP contribution in [0, 0.1) is 0 Å². The number of anilines is 1. The summed E-state index contributed by atoms with van der Waals surface area (Å²) in [4.78, 5) is 9.63. The Morgan fingerprint density at radius 1 is 1.32 bits per heavy atom. The van der Waals surface area contributed by atoms with E-state index in [1.165, 1.54) is 42.9 Å². The van der Waals surface area contributed by atoms with Crippen molar-refractivity contribution in [2.24, 2.45) is 0 Å². The van der Waals surface area contributed by atoms with Crippen molar-refractivity contribution < 1.29 is 0 Å². The van der Waals surface area contributed by atoms with Gasteiger partial charge in [0, 0.05) is 30.9 Å². The predicted octanol–water partition coefficient (Wildman–Crippen LogP) is 2.97. The fourth-order valence-corrected chi connectivity index (χ4v) is 4.28. The highest BCUT2D eigenvalue weighted by molar-refractivity contribution is 7.16. The van der Waals surface area contributed by atoms with Gasteiger partial charge in [-0.2, -0.15) is 0 Å². The smallest absolute Gasteiger partial charge is 0.0813 e. The molecule has 2 atom stereocenters. The molecule has 0 saturated carbocycles. The van der Waals surface area contributed by atoms with E-state index < -0.39 is 0 Å². The number of aromatic nitrogens is 1. The molecule has 3 nitrogen and oxygen atoms in total. The second-order valence-electron chi connectivity index (χ2n) is 5.80. The Morgan fingerprint density at radius 2 is 2.26 bits per heavy atom. The summed E-state index contributed by atoms with van der Waals surface area (Å²) in [5.41, 5.74) is 4.43. The molecule has 2 unspecified atom stereocenters. The molecule has 0 N–H and O–H groups in total. The lowest BCUT2D eigenvalue weighted by molar-refractivity contribution is 0.203. The van der Waals surface area contributed by atoms with Crippen molar-refractivity contribution in [2.75, 3.05) is 24.5 Å². The van der Waals surface area contributed by atoms with Crippen LogP contribution in [0.1, 0.15) is 19.8 Å². The van der Waals surface area contributed by atoms with Crippen molar-refractivity contribution >= 4 is 27.2 Å². The highest BCUT2D eigenvalue weighted by Gasteiger charge is 2.34. The molecular weight excluding hydrogens is 254 g/mol. The van der Waals surface area contributed by atoms with Gasteiger partial charge in [0.25, 0.3) is 0 Å². The molecule has 2 aliphatic rings. The summed E-state index contributed by atoms with van der Waals surface area (Å²) < 4.78 is 1.30. The van der Waals surface area contributed by atoms with Gasteiger partial charge in [0.05, 0.1) is 15.7 Å². The molecule has 2 saturated heterocycles. The monoisotopic (exact) mass is 273 g/mol. The molecular formula is C15H19N3S. The first-order valence-corrected chi connectivity index (χ1v) is 8.03. The van der Waals surface area contributed by atoms with E-state index in [4.69, 9.17) is 0 Å². The summed E-state index contributed by atoms with van der Waals surface area (Å²) in [6.45, 7) is 6.05. The number of hydrogen-bond acceptors (Lipinski definition) is 4. The van der Waals surface area contributed by atoms with Gasteiger partial charge in [-0.05, 0) is 44.5 Å². The quantitative estimate of drug-likeness (QED) is 0.796. The van der Waals surface area contributed by atoms with Gasteiger partial charge in [0.15, 0.2) is 0 Å². The summed E-state index contributed by atoms with van der Waals surface area (Å²) >= 11 is 1.74. The van der Waals surface area contributed by atoms with Crippen LogP contribution in [0.4, 0.5) is 5.69 Å². The van der Waals surface area contributed by atoms with Gasteiger partial charge in [0.2, 0.25) is 0 Å². The molecule has 1 aromatic carbocycles. The van der Waals surface area contributed by atoms with Crippen LogP contribution in [-0.4, -0.2) is 41.6 Å². The molecule has 2 aromatic rings. The molecule has 1 aromatic heterocycles. The molecule has 0 radical (unpaired) electrons. The number of nitrogens with zero attached hydrogens (tertiary/aromatic N) is 3. The lowest BCUT2D eigenvalue weighted by Gasteiger charge is -2.43. The van der Waals surface area contributed by atoms with Gasteiger partial charge < -0.3 is 4.90 Å². The summed E-state index contributed by atoms with van der Waals surface area (Å²) in [5, 5.41) is 0. The second kappa shape index (κ2) is 4.46. The Morgan fingerprint density at radius 3 is 3.21 bits per heavy atom. The van der Waals surface area contributed by atoms with Gasteiger partial charge in [0.1, 0.15) is 0 Å². The average Bonchev–Trinajstić information content (AvgIpc) is 3.04. The van der Waals surface area contributed by atoms with Crippen LogP contribution >= 0.6 is 11.3 Å². The van der Waals surface area contributed by atoms with Crippen molar-refractivity contribution in [3.8, 4) is 0 Å². The van der Waals surface area contributed by atoms with Crippen LogP contribution in [0.2, 0.25) is 0 Å². The normalized spacial score (nSPS) is 27.9. The zero-order valence-corrected chi connectivity index (χ0v) is 12.1. The first-order chi connectivity index (χ1) is 9.31. The Balaban J connectivity index is 1.66. The zero-order chi connectivity index (χ0) is 12.8. The van der Waals surface area contributed by atoms with E-state index >= 15 is 0 Å². The van der Waals surface area contributed by atoms with E-state index in [9.17, 15) is 0 Å². The number of benzene rings is 1. The van der Waals surface area contributed by atoms with Crippen molar-refractivity contribution in [1.29, 1.82) is 0 Å². The molecule has 100 valence electrons. The highest BCUT2D eigenvalue weighted by atomic mass is 32.1. The minimum absolute atomic E-state index is 0.611. The molecule has 4 heteroatoms. The van der Waals surface area contributed by atoms with Gasteiger partial charge in [-0.25, -0.2) is 4.98 Å². The molecule has 19 heavy (non-hydrogen) atoms. The summed E-state index contributed by atoms with van der Waals surface area (Å²) in [6, 6.07) is 8.10. The standard InChI is InChI=1S/C15H19N3S/c1-11-8-17-6-2-3-13(17)9-18(11)12-4-5-14-15(7-12)19-10-16-14/h4-5,7,10-11,13H,2-3,6,8-9H2,1H3. The maximum absolute atomic E-state index is 4.37. The minimum Gasteiger partial charge on any atom is -0.366 e. The Bertz CT molecular complexity index is 594. The van der Waals surface area contributed by atoms with Gasteiger partial charge >= 0.3 is 0 Å². The summed E-state index contributed by atoms with van der Waals surface area (Å²) in [5.74, 6) is 0. The first kappa shape index (κ1) is 11.7. The van der Waals surface area contributed by atoms with Crippen LogP contribution in [0.5, 0.6) is 0 Å². The highest BCUT2D eigenvalue weighted by Crippen LogP contribution is 2.31. The van der Waals surface area contributed by atoms with E-state index in [1.807, 2.05) is 5.51 Å². The third kappa shape index (κ3) is 1.94. The molecule has 4 rings (SSSR count). The molecule has 2 aliphatic heterocycles. The average molecular weight is 273 g/mol. The number of piperazine rings is 1. The largest absolute Gasteiger partial charge is 0.366 e. The van der Waals surface area contributed by atoms with Crippen LogP contribution in [0.3, 0.4) is 0 Å². The maximum atomic E-state index is 4.37. The SMILES string of the molecule is CC1CN2CCCC2CN1c1ccc2ncsc2c1. The minimum atomic E-state index is 0.611. The predicted molar refractivity (Wildman–Crippen MR) is 81.0 cm³/mol. The molecule has 2 fully saturated rings. The summed E-state index contributed by atoms with van der Waals surface area (Å²) in [7, 11) is 0. The number of hydrogen-bond donors (Lipinski definition) is 0. The van der Waals surface area contributed by atoms with E-state index in [-0.39, 0.29) is 0 Å². The van der Waals surface area contributed by atoms with E-state index in [2.05, 4.69) is 39.9 Å². The first-order valence-electron chi connectivity index (χ1n) is 7.15. The van der Waals surface area contributed by atoms with E-state index in [0.717, 1.165) is 11.6 Å². The topological polar surface area (TPSA) is 19.4 Å². The number of fused-ring (bicyclic) bond motifs is 2. The van der Waals surface area contributed by atoms with Gasteiger partial charge in [-0.1, -0.05) is 0 Å². The Labute approximate surface area is 117 Å². The van der Waals surface area contributed by atoms with E-state index in [0.29, 0.717) is 6.04 Å². The number of thiazole rings is 1. The molecule has 0 spiro atoms. The Hall–Kier alpha value is -1.13. The third-order valence-corrected chi connectivity index (χ3v) is 5.38. The summed E-state index contributed by atoms with van der Waals surface area (Å²) in [6.07, 6.45) is 2.74. The number of rotatable bonds is 1. The fourth-order valence-electron chi connectivity index (χ4n) is 3.57. The van der Waals surface area contributed by atoms with Crippen molar-refractivity contribution in [3.63, 3.8) is 0 Å². The molecule has 0 amide bonds. The van der Waals surface area contributed by atoms with Crippen LogP contribution < -0.4 is 4.90 Å². The van der Waals surface area contributed by atoms with Crippen molar-refractivity contribution in [2.45, 2.75) is 31.8 Å². The Kier molecular flexibility index (Phi) is 2.74. The van der Waals surface area contributed by atoms with Gasteiger partial charge in [-0.3, -0.25) is 4.90 Å². The van der Waals surface area contributed by atoms with Crippen molar-refractivity contribution in [1.82, 2.24) is 9.88 Å². The van der Waals surface area contributed by atoms with Crippen molar-refractivity contribution in [3.05, 3.63) is 23.7 Å². The lowest BCUT2D eigenvalue weighted by atomic mass is 10.1. The lowest BCUT2D eigenvalue weighted by Crippen LogP contribution is -2.55. The zero-order valence-electron chi connectivity index (χ0n) is 11.2. The molecule has 0 aliphatic carbocycles. The van der Waals surface area contributed by atoms with E-state index in [1.54, 1.807) is 11.3 Å². The van der Waals surface area contributed by atoms with Crippen LogP contribution in [0.15, 0.2) is 23.7 Å². The third-order valence-electron chi connectivity index (χ3n) is 4.58. The molecule has 3 heterocycles. The van der Waals surface area contributed by atoms with Crippen LogP contribution in [-0.2, 0) is 0 Å². The van der Waals surface area contributed by atoms with Crippen LogP contribution in [0.25, 0.3) is 10.2 Å². The fraction of sp³-hybridized carbons (Fsp3) is 0.533. The maximum Gasteiger partial charge on any atom is 0.0813 e. The molecule has 0 bridgehead atoms. The van der Waals surface area contributed by atoms with Gasteiger partial charge in [-0.15, -0.1) is 11.3 Å².